The van der Waals surface area contributed by atoms with E-state index in [1.54, 1.807) is 17.6 Å². The van der Waals surface area contributed by atoms with Gasteiger partial charge < -0.3 is 5.73 Å². The Morgan fingerprint density at radius 1 is 1.12 bits per heavy atom. The maximum Gasteiger partial charge on any atom is 0.127 e. The third-order valence-corrected chi connectivity index (χ3v) is 7.27. The van der Waals surface area contributed by atoms with Gasteiger partial charge in [-0.3, -0.25) is 4.21 Å². The first-order chi connectivity index (χ1) is 11.6. The molecule has 4 rings (SSSR count). The molecule has 2 N–H and O–H groups in total. The second-order valence-corrected chi connectivity index (χ2v) is 8.86. The number of anilines is 1. The Bertz CT molecular complexity index is 1040. The van der Waals surface area contributed by atoms with Crippen molar-refractivity contribution in [2.45, 2.75) is 4.21 Å². The number of hydrogen-bond acceptors (Lipinski definition) is 5. The van der Waals surface area contributed by atoms with Crippen molar-refractivity contribution >= 4 is 49.4 Å². The van der Waals surface area contributed by atoms with Gasteiger partial charge in [-0.2, -0.15) is 0 Å². The summed E-state index contributed by atoms with van der Waals surface area (Å²) in [6, 6.07) is 16.3. The standard InChI is InChI=1S/C18H14N2OS3/c1-24(21)18-16(19)15-12(11-6-3-2-4-7-11)10-13(20-17(15)23-18)14-8-5-9-22-14/h2-10H,19H2,1H3/t24-/m1/s1. The van der Waals surface area contributed by atoms with Crippen LogP contribution in [0.3, 0.4) is 0 Å². The third-order valence-electron chi connectivity index (χ3n) is 3.78. The van der Waals surface area contributed by atoms with Crippen molar-refractivity contribution in [3.8, 4) is 21.7 Å². The molecule has 0 bridgehead atoms. The molecule has 0 saturated carbocycles. The molecule has 0 unspecified atom stereocenters. The van der Waals surface area contributed by atoms with Gasteiger partial charge in [-0.25, -0.2) is 4.98 Å². The molecule has 0 radical (unpaired) electrons. The zero-order valence-corrected chi connectivity index (χ0v) is 15.3. The molecule has 3 heterocycles. The van der Waals surface area contributed by atoms with Crippen molar-refractivity contribution < 1.29 is 4.21 Å². The number of rotatable bonds is 3. The van der Waals surface area contributed by atoms with Crippen molar-refractivity contribution in [2.75, 3.05) is 12.0 Å². The minimum Gasteiger partial charge on any atom is -0.396 e. The van der Waals surface area contributed by atoms with E-state index in [2.05, 4.69) is 24.3 Å². The van der Waals surface area contributed by atoms with Crippen molar-refractivity contribution in [3.63, 3.8) is 0 Å². The average molecular weight is 371 g/mol. The summed E-state index contributed by atoms with van der Waals surface area (Å²) in [6.07, 6.45) is 1.66. The summed E-state index contributed by atoms with van der Waals surface area (Å²) in [5.41, 5.74) is 9.95. The SMILES string of the molecule is C[S@@](=O)c1sc2nc(-c3cccs3)cc(-c3ccccc3)c2c1N. The molecule has 120 valence electrons. The van der Waals surface area contributed by atoms with Gasteiger partial charge in [0.15, 0.2) is 0 Å². The molecule has 0 aliphatic carbocycles. The summed E-state index contributed by atoms with van der Waals surface area (Å²) in [5, 5.41) is 2.94. The highest BCUT2D eigenvalue weighted by Crippen LogP contribution is 2.42. The first-order valence-corrected chi connectivity index (χ1v) is 10.6. The Hall–Kier alpha value is -2.02. The summed E-state index contributed by atoms with van der Waals surface area (Å²) in [4.78, 5) is 6.73. The van der Waals surface area contributed by atoms with Crippen molar-refractivity contribution in [1.82, 2.24) is 4.98 Å². The highest BCUT2D eigenvalue weighted by molar-refractivity contribution is 7.87. The van der Waals surface area contributed by atoms with Gasteiger partial charge in [-0.1, -0.05) is 36.4 Å². The largest absolute Gasteiger partial charge is 0.396 e. The van der Waals surface area contributed by atoms with Crippen molar-refractivity contribution in [2.24, 2.45) is 0 Å². The maximum absolute atomic E-state index is 12.0. The van der Waals surface area contributed by atoms with Crippen LogP contribution in [0.4, 0.5) is 5.69 Å². The number of aromatic nitrogens is 1. The summed E-state index contributed by atoms with van der Waals surface area (Å²) < 4.78 is 12.7. The second-order valence-electron chi connectivity index (χ2n) is 5.34. The summed E-state index contributed by atoms with van der Waals surface area (Å²) in [5.74, 6) is 0. The lowest BCUT2D eigenvalue weighted by molar-refractivity contribution is 0.688. The number of nitrogens with two attached hydrogens (primary N) is 1. The molecule has 6 heteroatoms. The van der Waals surface area contributed by atoms with Crippen LogP contribution in [-0.4, -0.2) is 15.4 Å². The van der Waals surface area contributed by atoms with Crippen LogP contribution in [0.15, 0.2) is 58.1 Å². The van der Waals surface area contributed by atoms with Gasteiger partial charge in [-0.05, 0) is 28.6 Å². The highest BCUT2D eigenvalue weighted by Gasteiger charge is 2.19. The second kappa shape index (κ2) is 6.12. The van der Waals surface area contributed by atoms with E-state index in [0.29, 0.717) is 9.90 Å². The van der Waals surface area contributed by atoms with Crippen LogP contribution in [0.2, 0.25) is 0 Å². The first kappa shape index (κ1) is 15.5. The van der Waals surface area contributed by atoms with Gasteiger partial charge in [0, 0.05) is 11.6 Å². The van der Waals surface area contributed by atoms with Gasteiger partial charge in [0.05, 0.1) is 27.1 Å². The Labute approximate surface area is 150 Å². The smallest absolute Gasteiger partial charge is 0.127 e. The van der Waals surface area contributed by atoms with Crippen LogP contribution in [0.25, 0.3) is 31.9 Å². The van der Waals surface area contributed by atoms with E-state index < -0.39 is 10.8 Å². The van der Waals surface area contributed by atoms with E-state index in [1.165, 1.54) is 11.3 Å². The number of nitrogens with zero attached hydrogens (tertiary/aromatic N) is 1. The summed E-state index contributed by atoms with van der Waals surface area (Å²) in [6.45, 7) is 0. The van der Waals surface area contributed by atoms with Gasteiger partial charge in [0.2, 0.25) is 0 Å². The Balaban J connectivity index is 2.08. The van der Waals surface area contributed by atoms with E-state index in [4.69, 9.17) is 10.7 Å². The predicted octanol–water partition coefficient (Wildman–Crippen LogP) is 5.01. The van der Waals surface area contributed by atoms with Gasteiger partial charge in [0.1, 0.15) is 9.04 Å². The number of pyridine rings is 1. The third kappa shape index (κ3) is 2.56. The van der Waals surface area contributed by atoms with Gasteiger partial charge in [0.25, 0.3) is 0 Å². The number of hydrogen-bond donors (Lipinski definition) is 1. The van der Waals surface area contributed by atoms with E-state index in [0.717, 1.165) is 31.9 Å². The number of nitrogen functional groups attached to an aromatic ring is 1. The van der Waals surface area contributed by atoms with Gasteiger partial charge in [-0.15, -0.1) is 22.7 Å². The lowest BCUT2D eigenvalue weighted by atomic mass is 10.0. The molecule has 4 aromatic rings. The normalized spacial score (nSPS) is 12.5. The van der Waals surface area contributed by atoms with Crippen molar-refractivity contribution in [3.05, 3.63) is 53.9 Å². The number of fused-ring (bicyclic) bond motifs is 1. The molecule has 0 amide bonds. The average Bonchev–Trinajstić information content (AvgIpc) is 3.23. The molecular weight excluding hydrogens is 356 g/mol. The van der Waals surface area contributed by atoms with Crippen LogP contribution < -0.4 is 5.73 Å². The van der Waals surface area contributed by atoms with Crippen molar-refractivity contribution in [1.29, 1.82) is 0 Å². The monoisotopic (exact) mass is 370 g/mol. The minimum atomic E-state index is -1.13. The molecule has 0 fully saturated rings. The highest BCUT2D eigenvalue weighted by atomic mass is 32.2. The lowest BCUT2D eigenvalue weighted by Crippen LogP contribution is -1.92. The van der Waals surface area contributed by atoms with E-state index in [9.17, 15) is 4.21 Å². The maximum atomic E-state index is 12.0. The van der Waals surface area contributed by atoms with Crippen LogP contribution in [0.1, 0.15) is 0 Å². The fourth-order valence-corrected chi connectivity index (χ4v) is 5.37. The Morgan fingerprint density at radius 3 is 2.58 bits per heavy atom. The molecule has 1 atom stereocenters. The first-order valence-electron chi connectivity index (χ1n) is 7.31. The molecule has 0 saturated heterocycles. The fourth-order valence-electron chi connectivity index (χ4n) is 2.71. The van der Waals surface area contributed by atoms with E-state index >= 15 is 0 Å². The van der Waals surface area contributed by atoms with Crippen LogP contribution in [0.5, 0.6) is 0 Å². The zero-order valence-electron chi connectivity index (χ0n) is 12.9. The van der Waals surface area contributed by atoms with E-state index in [1.807, 2.05) is 29.6 Å². The number of benzene rings is 1. The van der Waals surface area contributed by atoms with Crippen LogP contribution in [-0.2, 0) is 10.8 Å². The Morgan fingerprint density at radius 2 is 1.92 bits per heavy atom. The molecule has 1 aromatic carbocycles. The summed E-state index contributed by atoms with van der Waals surface area (Å²) in [7, 11) is -1.13. The van der Waals surface area contributed by atoms with Crippen LogP contribution >= 0.6 is 22.7 Å². The van der Waals surface area contributed by atoms with Gasteiger partial charge >= 0.3 is 0 Å². The molecule has 0 spiro atoms. The molecule has 3 aromatic heterocycles. The predicted molar refractivity (Wildman–Crippen MR) is 105 cm³/mol. The molecule has 0 aliphatic heterocycles. The molecule has 3 nitrogen and oxygen atoms in total. The molecular formula is C18H14N2OS3. The Kier molecular flexibility index (Phi) is 3.96. The zero-order chi connectivity index (χ0) is 16.7. The molecule has 0 aliphatic rings. The fraction of sp³-hybridized carbons (Fsp3) is 0.0556. The summed E-state index contributed by atoms with van der Waals surface area (Å²) >= 11 is 3.08. The molecule has 24 heavy (non-hydrogen) atoms. The quantitative estimate of drug-likeness (QED) is 0.551. The topological polar surface area (TPSA) is 56.0 Å². The minimum absolute atomic E-state index is 0.583. The van der Waals surface area contributed by atoms with E-state index in [-0.39, 0.29) is 0 Å². The van der Waals surface area contributed by atoms with Crippen LogP contribution in [0, 0.1) is 0 Å². The lowest BCUT2D eigenvalue weighted by Gasteiger charge is -2.07. The number of thiophene rings is 2.